The molecule has 0 radical (unpaired) electrons. The summed E-state index contributed by atoms with van der Waals surface area (Å²) >= 11 is 0. The summed E-state index contributed by atoms with van der Waals surface area (Å²) in [6, 6.07) is 25.4. The molecule has 194 valence electrons. The molecular formula is C30H34N2O4S. The number of rotatable bonds is 8. The fourth-order valence-corrected chi connectivity index (χ4v) is 6.61. The molecule has 37 heavy (non-hydrogen) atoms. The third-order valence-electron chi connectivity index (χ3n) is 7.44. The smallest absolute Gasteiger partial charge is 0.243 e. The van der Waals surface area contributed by atoms with Gasteiger partial charge in [0.2, 0.25) is 10.0 Å². The molecule has 0 bridgehead atoms. The van der Waals surface area contributed by atoms with Crippen molar-refractivity contribution in [2.45, 2.75) is 36.6 Å². The molecular weight excluding hydrogens is 484 g/mol. The molecule has 0 N–H and O–H groups in total. The Labute approximate surface area is 219 Å². The second-order valence-electron chi connectivity index (χ2n) is 9.92. The normalized spacial score (nSPS) is 18.1. The lowest BCUT2D eigenvalue weighted by Crippen LogP contribution is -2.40. The summed E-state index contributed by atoms with van der Waals surface area (Å²) in [6.45, 7) is 4.62. The molecule has 2 heterocycles. The van der Waals surface area contributed by atoms with E-state index in [1.54, 1.807) is 24.3 Å². The van der Waals surface area contributed by atoms with Crippen molar-refractivity contribution in [3.63, 3.8) is 0 Å². The van der Waals surface area contributed by atoms with Gasteiger partial charge in [-0.25, -0.2) is 8.42 Å². The van der Waals surface area contributed by atoms with Gasteiger partial charge in [0.05, 0.1) is 18.1 Å². The van der Waals surface area contributed by atoms with E-state index in [2.05, 4.69) is 47.4 Å². The maximum Gasteiger partial charge on any atom is 0.243 e. The summed E-state index contributed by atoms with van der Waals surface area (Å²) in [5.74, 6) is 0.671. The van der Waals surface area contributed by atoms with Crippen molar-refractivity contribution in [1.29, 1.82) is 0 Å². The van der Waals surface area contributed by atoms with Crippen LogP contribution in [-0.2, 0) is 27.7 Å². The SMILES string of the molecule is O=C(Cc1ccc(S(=O)(=O)N2CCOCC2)cc1)c1ccc(CN2CCC(c3ccccc3)CC2)cc1. The molecule has 2 fully saturated rings. The molecule has 0 amide bonds. The molecule has 5 rings (SSSR count). The highest BCUT2D eigenvalue weighted by atomic mass is 32.2. The number of morpholine rings is 1. The van der Waals surface area contributed by atoms with Gasteiger partial charge in [-0.3, -0.25) is 9.69 Å². The number of sulfonamides is 1. The summed E-state index contributed by atoms with van der Waals surface area (Å²) in [5, 5.41) is 0. The lowest BCUT2D eigenvalue weighted by molar-refractivity contribution is 0.0730. The number of nitrogens with zero attached hydrogens (tertiary/aromatic N) is 2. The van der Waals surface area contributed by atoms with Crippen LogP contribution in [0.5, 0.6) is 0 Å². The quantitative estimate of drug-likeness (QED) is 0.411. The number of hydrogen-bond acceptors (Lipinski definition) is 5. The van der Waals surface area contributed by atoms with E-state index in [9.17, 15) is 13.2 Å². The number of ketones is 1. The predicted molar refractivity (Wildman–Crippen MR) is 144 cm³/mol. The van der Waals surface area contributed by atoms with Gasteiger partial charge in [0.25, 0.3) is 0 Å². The lowest BCUT2D eigenvalue weighted by atomic mass is 9.89. The summed E-state index contributed by atoms with van der Waals surface area (Å²) in [5.41, 5.74) is 4.14. The molecule has 3 aromatic carbocycles. The third kappa shape index (κ3) is 6.36. The Morgan fingerprint density at radius 1 is 0.784 bits per heavy atom. The van der Waals surface area contributed by atoms with E-state index >= 15 is 0 Å². The van der Waals surface area contributed by atoms with E-state index in [1.807, 2.05) is 12.1 Å². The molecule has 3 aromatic rings. The summed E-state index contributed by atoms with van der Waals surface area (Å²) in [4.78, 5) is 15.6. The van der Waals surface area contributed by atoms with Gasteiger partial charge < -0.3 is 4.74 Å². The molecule has 0 atom stereocenters. The van der Waals surface area contributed by atoms with Crippen LogP contribution in [0.2, 0.25) is 0 Å². The number of Topliss-reactive ketones (excluding diaryl/α,β-unsaturated/α-hetero) is 1. The van der Waals surface area contributed by atoms with Gasteiger partial charge >= 0.3 is 0 Å². The molecule has 2 saturated heterocycles. The molecule has 7 heteroatoms. The Morgan fingerprint density at radius 3 is 2.05 bits per heavy atom. The van der Waals surface area contributed by atoms with Gasteiger partial charge in [0.15, 0.2) is 5.78 Å². The molecule has 2 aliphatic heterocycles. The van der Waals surface area contributed by atoms with Gasteiger partial charge in [0, 0.05) is 31.6 Å². The topological polar surface area (TPSA) is 66.9 Å². The van der Waals surface area contributed by atoms with Crippen LogP contribution in [0.15, 0.2) is 83.8 Å². The summed E-state index contributed by atoms with van der Waals surface area (Å²) in [6.07, 6.45) is 2.59. The number of carbonyl (C=O) groups excluding carboxylic acids is 1. The van der Waals surface area contributed by atoms with Crippen LogP contribution in [0, 0.1) is 0 Å². The van der Waals surface area contributed by atoms with Crippen molar-refractivity contribution in [2.75, 3.05) is 39.4 Å². The van der Waals surface area contributed by atoms with Crippen LogP contribution in [0.4, 0.5) is 0 Å². The zero-order valence-corrected chi connectivity index (χ0v) is 21.9. The first kappa shape index (κ1) is 25.8. The Balaban J connectivity index is 1.13. The third-order valence-corrected chi connectivity index (χ3v) is 9.35. The first-order valence-corrected chi connectivity index (χ1v) is 14.5. The molecule has 0 spiro atoms. The van der Waals surface area contributed by atoms with Crippen LogP contribution in [0.25, 0.3) is 0 Å². The number of carbonyl (C=O) groups is 1. The second kappa shape index (κ2) is 11.7. The number of likely N-dealkylation sites (tertiary alicyclic amines) is 1. The minimum atomic E-state index is -3.53. The first-order valence-electron chi connectivity index (χ1n) is 13.1. The van der Waals surface area contributed by atoms with Crippen LogP contribution in [0.1, 0.15) is 45.8 Å². The number of benzene rings is 3. The number of ether oxygens (including phenoxy) is 1. The van der Waals surface area contributed by atoms with Gasteiger partial charge in [-0.05, 0) is 60.7 Å². The Morgan fingerprint density at radius 2 is 1.41 bits per heavy atom. The minimum absolute atomic E-state index is 0.0269. The Hall–Kier alpha value is -2.84. The van der Waals surface area contributed by atoms with Gasteiger partial charge in [0.1, 0.15) is 0 Å². The zero-order chi connectivity index (χ0) is 25.7. The van der Waals surface area contributed by atoms with E-state index in [0.29, 0.717) is 37.8 Å². The van der Waals surface area contributed by atoms with Crippen molar-refractivity contribution in [3.05, 3.63) is 101 Å². The molecule has 2 aliphatic rings. The molecule has 6 nitrogen and oxygen atoms in total. The number of piperidine rings is 1. The fraction of sp³-hybridized carbons (Fsp3) is 0.367. The molecule has 0 aliphatic carbocycles. The molecule has 0 aromatic heterocycles. The van der Waals surface area contributed by atoms with Crippen molar-refractivity contribution in [2.24, 2.45) is 0 Å². The average molecular weight is 519 g/mol. The van der Waals surface area contributed by atoms with Crippen molar-refractivity contribution in [3.8, 4) is 0 Å². The van der Waals surface area contributed by atoms with E-state index < -0.39 is 10.0 Å². The van der Waals surface area contributed by atoms with Gasteiger partial charge in [-0.15, -0.1) is 0 Å². The van der Waals surface area contributed by atoms with E-state index in [0.717, 1.165) is 25.2 Å². The van der Waals surface area contributed by atoms with Crippen LogP contribution in [-0.4, -0.2) is 62.8 Å². The summed E-state index contributed by atoms with van der Waals surface area (Å²) in [7, 11) is -3.53. The zero-order valence-electron chi connectivity index (χ0n) is 21.1. The lowest BCUT2D eigenvalue weighted by Gasteiger charge is -2.32. The molecule has 0 unspecified atom stereocenters. The van der Waals surface area contributed by atoms with E-state index in [1.165, 1.54) is 28.3 Å². The average Bonchev–Trinajstić information content (AvgIpc) is 2.95. The van der Waals surface area contributed by atoms with Gasteiger partial charge in [-0.1, -0.05) is 66.7 Å². The largest absolute Gasteiger partial charge is 0.379 e. The molecule has 0 saturated carbocycles. The standard InChI is InChI=1S/C30H34N2O4S/c33-30(22-24-8-12-29(13-9-24)37(34,35)32-18-20-36-21-19-32)28-10-6-25(7-11-28)23-31-16-14-27(15-17-31)26-4-2-1-3-5-26/h1-13,27H,14-23H2. The Kier molecular flexibility index (Phi) is 8.15. The highest BCUT2D eigenvalue weighted by Gasteiger charge is 2.26. The van der Waals surface area contributed by atoms with Gasteiger partial charge in [-0.2, -0.15) is 4.31 Å². The highest BCUT2D eigenvalue weighted by Crippen LogP contribution is 2.28. The van der Waals surface area contributed by atoms with E-state index in [4.69, 9.17) is 4.74 Å². The monoisotopic (exact) mass is 518 g/mol. The Bertz CT molecular complexity index is 1280. The number of hydrogen-bond donors (Lipinski definition) is 0. The second-order valence-corrected chi connectivity index (χ2v) is 11.9. The maximum atomic E-state index is 12.9. The minimum Gasteiger partial charge on any atom is -0.379 e. The highest BCUT2D eigenvalue weighted by molar-refractivity contribution is 7.89. The van der Waals surface area contributed by atoms with E-state index in [-0.39, 0.29) is 17.1 Å². The van der Waals surface area contributed by atoms with Crippen molar-refractivity contribution in [1.82, 2.24) is 9.21 Å². The fourth-order valence-electron chi connectivity index (χ4n) is 5.21. The van der Waals surface area contributed by atoms with Crippen LogP contribution >= 0.6 is 0 Å². The van der Waals surface area contributed by atoms with Crippen molar-refractivity contribution < 1.29 is 17.9 Å². The van der Waals surface area contributed by atoms with Crippen LogP contribution in [0.3, 0.4) is 0 Å². The van der Waals surface area contributed by atoms with Crippen molar-refractivity contribution >= 4 is 15.8 Å². The maximum absolute atomic E-state index is 12.9. The predicted octanol–water partition coefficient (Wildman–Crippen LogP) is 4.51. The van der Waals surface area contributed by atoms with Crippen LogP contribution < -0.4 is 0 Å². The summed E-state index contributed by atoms with van der Waals surface area (Å²) < 4.78 is 32.3. The first-order chi connectivity index (χ1) is 18.0.